The molecule has 1 saturated carbocycles. The van der Waals surface area contributed by atoms with Crippen LogP contribution < -0.4 is 4.74 Å². The largest absolute Gasteiger partial charge is 0.479 e. The third-order valence-corrected chi connectivity index (χ3v) is 3.69. The Kier molecular flexibility index (Phi) is 2.66. The quantitative estimate of drug-likeness (QED) is 0.796. The van der Waals surface area contributed by atoms with Crippen LogP contribution in [0.3, 0.4) is 0 Å². The zero-order valence-electron chi connectivity index (χ0n) is 10.5. The van der Waals surface area contributed by atoms with E-state index in [-0.39, 0.29) is 5.54 Å². The molecule has 0 atom stereocenters. The maximum atomic E-state index is 5.86. The minimum absolute atomic E-state index is 0.134. The normalized spacial score (nSPS) is 17.1. The molecule has 0 aromatic carbocycles. The van der Waals surface area contributed by atoms with Crippen molar-refractivity contribution in [3.63, 3.8) is 0 Å². The maximum absolute atomic E-state index is 5.86. The third kappa shape index (κ3) is 1.65. The lowest BCUT2D eigenvalue weighted by Gasteiger charge is -2.14. The molecule has 0 amide bonds. The first-order valence-electron chi connectivity index (χ1n) is 6.02. The second kappa shape index (κ2) is 4.09. The van der Waals surface area contributed by atoms with Crippen molar-refractivity contribution >= 4 is 22.8 Å². The number of ether oxygens (including phenoxy) is 1. The van der Waals surface area contributed by atoms with Gasteiger partial charge in [0, 0.05) is 17.8 Å². The molecule has 0 spiro atoms. The van der Waals surface area contributed by atoms with Crippen molar-refractivity contribution in [1.82, 2.24) is 19.5 Å². The van der Waals surface area contributed by atoms with Crippen LogP contribution in [-0.2, 0) is 12.0 Å². The molecule has 0 unspecified atom stereocenters. The SMILES string of the molecule is COc1ncnc2c1nc(CCCl)n2C1(C)CC1. The average molecular weight is 267 g/mol. The van der Waals surface area contributed by atoms with Gasteiger partial charge in [-0.05, 0) is 19.8 Å². The molecule has 1 aliphatic carbocycles. The Morgan fingerprint density at radius 2 is 2.22 bits per heavy atom. The number of aromatic nitrogens is 4. The Labute approximate surface area is 110 Å². The summed E-state index contributed by atoms with van der Waals surface area (Å²) >= 11 is 5.86. The molecule has 2 aromatic rings. The molecular weight excluding hydrogens is 252 g/mol. The lowest BCUT2D eigenvalue weighted by atomic mass is 10.3. The van der Waals surface area contributed by atoms with Crippen LogP contribution in [0.1, 0.15) is 25.6 Å². The molecule has 2 aromatic heterocycles. The molecule has 3 rings (SSSR count). The van der Waals surface area contributed by atoms with E-state index < -0.39 is 0 Å². The summed E-state index contributed by atoms with van der Waals surface area (Å²) in [7, 11) is 1.60. The molecule has 0 bridgehead atoms. The van der Waals surface area contributed by atoms with Crippen molar-refractivity contribution in [2.24, 2.45) is 0 Å². The fraction of sp³-hybridized carbons (Fsp3) is 0.583. The molecule has 96 valence electrons. The van der Waals surface area contributed by atoms with Gasteiger partial charge in [0.25, 0.3) is 0 Å². The molecule has 1 fully saturated rings. The van der Waals surface area contributed by atoms with Gasteiger partial charge >= 0.3 is 0 Å². The van der Waals surface area contributed by atoms with Gasteiger partial charge in [-0.25, -0.2) is 9.97 Å². The number of fused-ring (bicyclic) bond motifs is 1. The molecule has 0 saturated heterocycles. The highest BCUT2D eigenvalue weighted by Crippen LogP contribution is 2.45. The average Bonchev–Trinajstić information content (AvgIpc) is 2.99. The van der Waals surface area contributed by atoms with Gasteiger partial charge in [-0.15, -0.1) is 11.6 Å². The molecule has 18 heavy (non-hydrogen) atoms. The van der Waals surface area contributed by atoms with Gasteiger partial charge in [-0.1, -0.05) is 0 Å². The highest BCUT2D eigenvalue weighted by atomic mass is 35.5. The highest BCUT2D eigenvalue weighted by Gasteiger charge is 2.42. The number of aryl methyl sites for hydroxylation is 1. The first-order chi connectivity index (χ1) is 8.69. The Morgan fingerprint density at radius 1 is 1.44 bits per heavy atom. The molecule has 0 aliphatic heterocycles. The number of rotatable bonds is 4. The van der Waals surface area contributed by atoms with Crippen molar-refractivity contribution in [2.45, 2.75) is 31.7 Å². The van der Waals surface area contributed by atoms with Crippen LogP contribution in [0.5, 0.6) is 5.88 Å². The van der Waals surface area contributed by atoms with E-state index in [9.17, 15) is 0 Å². The van der Waals surface area contributed by atoms with Crippen LogP contribution in [0.2, 0.25) is 0 Å². The highest BCUT2D eigenvalue weighted by molar-refractivity contribution is 6.17. The maximum Gasteiger partial charge on any atom is 0.245 e. The monoisotopic (exact) mass is 266 g/mol. The lowest BCUT2D eigenvalue weighted by molar-refractivity contribution is 0.401. The smallest absolute Gasteiger partial charge is 0.245 e. The number of imidazole rings is 1. The minimum atomic E-state index is 0.134. The first kappa shape index (κ1) is 11.7. The van der Waals surface area contributed by atoms with E-state index >= 15 is 0 Å². The van der Waals surface area contributed by atoms with Gasteiger partial charge in [-0.3, -0.25) is 0 Å². The standard InChI is InChI=1S/C12H15ClN4O/c1-12(4-5-12)17-8(3-6-13)16-9-10(17)14-7-15-11(9)18-2/h7H,3-6H2,1-2H3. The summed E-state index contributed by atoms with van der Waals surface area (Å²) < 4.78 is 7.45. The topological polar surface area (TPSA) is 52.8 Å². The second-order valence-electron chi connectivity index (χ2n) is 4.85. The summed E-state index contributed by atoms with van der Waals surface area (Å²) in [5, 5.41) is 0. The third-order valence-electron chi connectivity index (χ3n) is 3.51. The van der Waals surface area contributed by atoms with Gasteiger partial charge in [0.05, 0.1) is 7.11 Å². The Morgan fingerprint density at radius 3 is 2.83 bits per heavy atom. The number of halogens is 1. The zero-order valence-corrected chi connectivity index (χ0v) is 11.2. The molecule has 0 radical (unpaired) electrons. The predicted molar refractivity (Wildman–Crippen MR) is 69.2 cm³/mol. The molecule has 0 N–H and O–H groups in total. The Hall–Kier alpha value is -1.36. The van der Waals surface area contributed by atoms with E-state index in [1.54, 1.807) is 7.11 Å². The van der Waals surface area contributed by atoms with E-state index in [2.05, 4.69) is 26.4 Å². The van der Waals surface area contributed by atoms with Gasteiger partial charge < -0.3 is 9.30 Å². The van der Waals surface area contributed by atoms with E-state index in [0.717, 1.165) is 36.3 Å². The van der Waals surface area contributed by atoms with Gasteiger partial charge in [0.2, 0.25) is 5.88 Å². The summed E-state index contributed by atoms with van der Waals surface area (Å²) in [5.41, 5.74) is 1.71. The van der Waals surface area contributed by atoms with E-state index in [1.807, 2.05) is 0 Å². The minimum Gasteiger partial charge on any atom is -0.479 e. The number of nitrogens with zero attached hydrogens (tertiary/aromatic N) is 4. The van der Waals surface area contributed by atoms with Crippen molar-refractivity contribution < 1.29 is 4.74 Å². The summed E-state index contributed by atoms with van der Waals surface area (Å²) in [6.07, 6.45) is 4.56. The molecule has 2 heterocycles. The van der Waals surface area contributed by atoms with E-state index in [4.69, 9.17) is 16.3 Å². The first-order valence-corrected chi connectivity index (χ1v) is 6.56. The predicted octanol–water partition coefficient (Wildman–Crippen LogP) is 2.13. The summed E-state index contributed by atoms with van der Waals surface area (Å²) in [6.45, 7) is 2.22. The van der Waals surface area contributed by atoms with Gasteiger partial charge in [-0.2, -0.15) is 4.98 Å². The molecule has 5 nitrogen and oxygen atoms in total. The van der Waals surface area contributed by atoms with Crippen LogP contribution in [-0.4, -0.2) is 32.5 Å². The fourth-order valence-corrected chi connectivity index (χ4v) is 2.46. The van der Waals surface area contributed by atoms with Crippen molar-refractivity contribution in [2.75, 3.05) is 13.0 Å². The zero-order chi connectivity index (χ0) is 12.8. The van der Waals surface area contributed by atoms with Crippen LogP contribution in [0, 0.1) is 0 Å². The van der Waals surface area contributed by atoms with Gasteiger partial charge in [0.1, 0.15) is 12.2 Å². The van der Waals surface area contributed by atoms with Crippen molar-refractivity contribution in [3.8, 4) is 5.88 Å². The number of hydrogen-bond donors (Lipinski definition) is 0. The van der Waals surface area contributed by atoms with Crippen LogP contribution >= 0.6 is 11.6 Å². The van der Waals surface area contributed by atoms with Crippen LogP contribution in [0.4, 0.5) is 0 Å². The van der Waals surface area contributed by atoms with Crippen LogP contribution in [0.15, 0.2) is 6.33 Å². The fourth-order valence-electron chi connectivity index (χ4n) is 2.29. The molecular formula is C12H15ClN4O. The van der Waals surface area contributed by atoms with Crippen molar-refractivity contribution in [3.05, 3.63) is 12.2 Å². The van der Waals surface area contributed by atoms with Gasteiger partial charge in [0.15, 0.2) is 11.2 Å². The number of alkyl halides is 1. The molecule has 1 aliphatic rings. The Bertz CT molecular complexity index is 591. The summed E-state index contributed by atoms with van der Waals surface area (Å²) in [4.78, 5) is 13.1. The van der Waals surface area contributed by atoms with Crippen LogP contribution in [0.25, 0.3) is 11.2 Å². The van der Waals surface area contributed by atoms with Crippen molar-refractivity contribution in [1.29, 1.82) is 0 Å². The number of methoxy groups -OCH3 is 1. The lowest BCUT2D eigenvalue weighted by Crippen LogP contribution is -2.16. The molecule has 6 heteroatoms. The van der Waals surface area contributed by atoms with E-state index in [1.165, 1.54) is 6.33 Å². The Balaban J connectivity index is 2.26. The summed E-state index contributed by atoms with van der Waals surface area (Å²) in [6, 6.07) is 0. The second-order valence-corrected chi connectivity index (χ2v) is 5.23. The summed E-state index contributed by atoms with van der Waals surface area (Å²) in [5.74, 6) is 2.05. The van der Waals surface area contributed by atoms with E-state index in [0.29, 0.717) is 11.8 Å². The number of hydrogen-bond acceptors (Lipinski definition) is 4.